The molecule has 56 heavy (non-hydrogen) atoms. The fraction of sp³-hybridized carbons (Fsp3) is 0. The number of hydrogen-bond donors (Lipinski definition) is 0. The van der Waals surface area contributed by atoms with Crippen LogP contribution in [0.1, 0.15) is 0 Å². The van der Waals surface area contributed by atoms with E-state index in [1.165, 1.54) is 10.9 Å². The van der Waals surface area contributed by atoms with Gasteiger partial charge in [-0.05, 0) is 101 Å². The minimum Gasteiger partial charge on any atom is -0.456 e. The van der Waals surface area contributed by atoms with Crippen LogP contribution < -0.4 is 9.80 Å². The summed E-state index contributed by atoms with van der Waals surface area (Å²) in [6.45, 7) is 0. The molecule has 4 heteroatoms. The maximum Gasteiger partial charge on any atom is 0.137 e. The van der Waals surface area contributed by atoms with Gasteiger partial charge in [0.15, 0.2) is 0 Å². The van der Waals surface area contributed by atoms with E-state index in [1.807, 2.05) is 24.3 Å². The molecule has 0 unspecified atom stereocenters. The molecule has 9 aromatic carbocycles. The molecule has 0 amide bonds. The van der Waals surface area contributed by atoms with Gasteiger partial charge in [-0.25, -0.2) is 0 Å². The molecule has 4 nitrogen and oxygen atoms in total. The maximum atomic E-state index is 6.36. The smallest absolute Gasteiger partial charge is 0.137 e. The quantitative estimate of drug-likeness (QED) is 0.164. The summed E-state index contributed by atoms with van der Waals surface area (Å²) >= 11 is 0. The van der Waals surface area contributed by atoms with Crippen LogP contribution in [0.15, 0.2) is 215 Å². The van der Waals surface area contributed by atoms with E-state index in [0.29, 0.717) is 0 Å². The lowest BCUT2D eigenvalue weighted by molar-refractivity contribution is 0.668. The number of furan rings is 2. The summed E-state index contributed by atoms with van der Waals surface area (Å²) < 4.78 is 12.5. The van der Waals surface area contributed by atoms with Crippen LogP contribution in [0.2, 0.25) is 0 Å². The number of fused-ring (bicyclic) bond motifs is 7. The molecule has 0 radical (unpaired) electrons. The molecular weight excluding hydrogens is 685 g/mol. The van der Waals surface area contributed by atoms with Crippen LogP contribution >= 0.6 is 0 Å². The summed E-state index contributed by atoms with van der Waals surface area (Å²) in [6.07, 6.45) is 0. The van der Waals surface area contributed by atoms with Crippen molar-refractivity contribution in [1.29, 1.82) is 0 Å². The first kappa shape index (κ1) is 31.9. The number of benzene rings is 9. The van der Waals surface area contributed by atoms with Crippen LogP contribution in [0.3, 0.4) is 0 Å². The molecule has 2 heterocycles. The standard InChI is InChI=1S/C52H34N2O2/c1-3-13-36(14-4-1)53(39-28-32-51-47(33-39)45-20-10-12-22-50(45)55-51)38-25-23-35(24-26-38)41-30-31-48(43-18-8-7-17-42(41)43)54(37-15-5-2-6-16-37)40-27-29-46-44-19-9-11-21-49(44)56-52(46)34-40/h1-34H. The first-order valence-corrected chi connectivity index (χ1v) is 18.9. The van der Waals surface area contributed by atoms with Gasteiger partial charge in [-0.2, -0.15) is 0 Å². The highest BCUT2D eigenvalue weighted by Gasteiger charge is 2.20. The SMILES string of the molecule is c1ccc(N(c2ccc(-c3ccc(N(c4ccccc4)c4ccc5c(c4)oc4ccccc45)c4ccccc34)cc2)c2ccc3oc4ccccc4c3c2)cc1. The Morgan fingerprint density at radius 2 is 0.750 bits per heavy atom. The molecule has 0 saturated carbocycles. The first-order chi connectivity index (χ1) is 27.8. The highest BCUT2D eigenvalue weighted by Crippen LogP contribution is 2.44. The molecule has 0 aliphatic heterocycles. The molecule has 264 valence electrons. The minimum atomic E-state index is 0.869. The Labute approximate surface area is 323 Å². The maximum absolute atomic E-state index is 6.36. The molecule has 0 N–H and O–H groups in total. The number of hydrogen-bond acceptors (Lipinski definition) is 4. The summed E-state index contributed by atoms with van der Waals surface area (Å²) in [5.41, 5.74) is 12.3. The van der Waals surface area contributed by atoms with Crippen LogP contribution in [0, 0.1) is 0 Å². The van der Waals surface area contributed by atoms with Crippen molar-refractivity contribution in [3.8, 4) is 11.1 Å². The molecule has 0 fully saturated rings. The summed E-state index contributed by atoms with van der Waals surface area (Å²) in [6, 6.07) is 72.7. The second-order valence-corrected chi connectivity index (χ2v) is 14.1. The van der Waals surface area contributed by atoms with Crippen LogP contribution in [0.5, 0.6) is 0 Å². The Balaban J connectivity index is 1.01. The van der Waals surface area contributed by atoms with E-state index < -0.39 is 0 Å². The van der Waals surface area contributed by atoms with Crippen molar-refractivity contribution in [2.75, 3.05) is 9.80 Å². The second kappa shape index (κ2) is 13.1. The Morgan fingerprint density at radius 1 is 0.268 bits per heavy atom. The zero-order valence-electron chi connectivity index (χ0n) is 30.3. The third-order valence-electron chi connectivity index (χ3n) is 10.8. The molecule has 0 aliphatic rings. The zero-order valence-corrected chi connectivity index (χ0v) is 30.3. The third kappa shape index (κ3) is 5.31. The summed E-state index contributed by atoms with van der Waals surface area (Å²) in [7, 11) is 0. The van der Waals surface area contributed by atoms with E-state index in [-0.39, 0.29) is 0 Å². The van der Waals surface area contributed by atoms with Gasteiger partial charge in [0.05, 0.1) is 5.69 Å². The molecule has 0 saturated heterocycles. The second-order valence-electron chi connectivity index (χ2n) is 14.1. The molecule has 0 bridgehead atoms. The average Bonchev–Trinajstić information content (AvgIpc) is 3.83. The molecule has 0 spiro atoms. The van der Waals surface area contributed by atoms with Crippen molar-refractivity contribution in [3.05, 3.63) is 206 Å². The first-order valence-electron chi connectivity index (χ1n) is 18.9. The predicted octanol–water partition coefficient (Wildman–Crippen LogP) is 15.2. The Morgan fingerprint density at radius 3 is 1.46 bits per heavy atom. The highest BCUT2D eigenvalue weighted by atomic mass is 16.3. The van der Waals surface area contributed by atoms with E-state index in [0.717, 1.165) is 89.0 Å². The fourth-order valence-electron chi connectivity index (χ4n) is 8.26. The lowest BCUT2D eigenvalue weighted by Crippen LogP contribution is -2.10. The van der Waals surface area contributed by atoms with Crippen molar-refractivity contribution in [3.63, 3.8) is 0 Å². The van der Waals surface area contributed by atoms with Crippen molar-refractivity contribution in [2.24, 2.45) is 0 Å². The van der Waals surface area contributed by atoms with Gasteiger partial charge >= 0.3 is 0 Å². The van der Waals surface area contributed by atoms with Gasteiger partial charge in [0, 0.05) is 61.4 Å². The van der Waals surface area contributed by atoms with Crippen molar-refractivity contribution in [1.82, 2.24) is 0 Å². The van der Waals surface area contributed by atoms with Crippen molar-refractivity contribution < 1.29 is 8.83 Å². The van der Waals surface area contributed by atoms with Crippen LogP contribution in [0.4, 0.5) is 34.1 Å². The number of para-hydroxylation sites is 4. The summed E-state index contributed by atoms with van der Waals surface area (Å²) in [4.78, 5) is 4.64. The summed E-state index contributed by atoms with van der Waals surface area (Å²) in [5.74, 6) is 0. The van der Waals surface area contributed by atoms with E-state index in [2.05, 4.69) is 192 Å². The monoisotopic (exact) mass is 718 g/mol. The van der Waals surface area contributed by atoms with Gasteiger partial charge in [0.25, 0.3) is 0 Å². The lowest BCUT2D eigenvalue weighted by Gasteiger charge is -2.27. The largest absolute Gasteiger partial charge is 0.456 e. The molecule has 2 aromatic heterocycles. The normalized spacial score (nSPS) is 11.6. The topological polar surface area (TPSA) is 32.8 Å². The van der Waals surface area contributed by atoms with E-state index >= 15 is 0 Å². The van der Waals surface area contributed by atoms with Gasteiger partial charge in [0.2, 0.25) is 0 Å². The van der Waals surface area contributed by atoms with Gasteiger partial charge in [-0.1, -0.05) is 115 Å². The molecule has 11 rings (SSSR count). The van der Waals surface area contributed by atoms with E-state index in [1.54, 1.807) is 0 Å². The predicted molar refractivity (Wildman–Crippen MR) is 233 cm³/mol. The highest BCUT2D eigenvalue weighted by molar-refractivity contribution is 6.09. The van der Waals surface area contributed by atoms with Gasteiger partial charge < -0.3 is 18.6 Å². The molecule has 0 aliphatic carbocycles. The van der Waals surface area contributed by atoms with Crippen LogP contribution in [0.25, 0.3) is 65.8 Å². The number of anilines is 6. The van der Waals surface area contributed by atoms with Crippen LogP contribution in [-0.2, 0) is 0 Å². The average molecular weight is 719 g/mol. The number of rotatable bonds is 7. The lowest BCUT2D eigenvalue weighted by atomic mass is 9.96. The van der Waals surface area contributed by atoms with Gasteiger partial charge in [0.1, 0.15) is 22.3 Å². The van der Waals surface area contributed by atoms with Crippen molar-refractivity contribution >= 4 is 88.8 Å². The molecular formula is C52H34N2O2. The van der Waals surface area contributed by atoms with E-state index in [9.17, 15) is 0 Å². The molecule has 11 aromatic rings. The molecule has 0 atom stereocenters. The van der Waals surface area contributed by atoms with E-state index in [4.69, 9.17) is 8.83 Å². The van der Waals surface area contributed by atoms with Crippen LogP contribution in [-0.4, -0.2) is 0 Å². The Kier molecular flexibility index (Phi) is 7.46. The fourth-order valence-corrected chi connectivity index (χ4v) is 8.26. The van der Waals surface area contributed by atoms with Crippen molar-refractivity contribution in [2.45, 2.75) is 0 Å². The third-order valence-corrected chi connectivity index (χ3v) is 10.8. The summed E-state index contributed by atoms with van der Waals surface area (Å²) in [5, 5.41) is 6.80. The number of nitrogens with zero attached hydrogens (tertiary/aromatic N) is 2. The Hall–Kier alpha value is -7.56. The minimum absolute atomic E-state index is 0.869. The van der Waals surface area contributed by atoms with Gasteiger partial charge in [-0.3, -0.25) is 0 Å². The zero-order chi connectivity index (χ0) is 37.0. The Bertz CT molecular complexity index is 3200. The van der Waals surface area contributed by atoms with Gasteiger partial charge in [-0.15, -0.1) is 0 Å².